The number of piperidine rings is 1. The van der Waals surface area contributed by atoms with Crippen molar-refractivity contribution in [3.05, 3.63) is 0 Å². The molecule has 0 bridgehead atoms. The van der Waals surface area contributed by atoms with Crippen LogP contribution in [0.4, 0.5) is 0 Å². The van der Waals surface area contributed by atoms with Gasteiger partial charge in [-0.3, -0.25) is 5.32 Å². The molecule has 0 amide bonds. The molecule has 2 aliphatic heterocycles. The topological polar surface area (TPSA) is 24.5 Å². The summed E-state index contributed by atoms with van der Waals surface area (Å²) in [4.78, 5) is 2.53. The minimum absolute atomic E-state index is 0. The number of ether oxygens (including phenoxy) is 1. The van der Waals surface area contributed by atoms with Gasteiger partial charge in [0.15, 0.2) is 0 Å². The molecule has 1 atom stereocenters. The van der Waals surface area contributed by atoms with Crippen molar-refractivity contribution in [2.75, 3.05) is 32.8 Å². The van der Waals surface area contributed by atoms with Gasteiger partial charge in [-0.1, -0.05) is 20.8 Å². The van der Waals surface area contributed by atoms with Crippen LogP contribution in [0.2, 0.25) is 0 Å². The summed E-state index contributed by atoms with van der Waals surface area (Å²) in [6, 6.07) is 0. The van der Waals surface area contributed by atoms with Crippen molar-refractivity contribution >= 4 is 12.4 Å². The Bertz CT molecular complexity index is 253. The second-order valence-electron chi connectivity index (χ2n) is 6.62. The summed E-state index contributed by atoms with van der Waals surface area (Å²) in [6.45, 7) is 14.6. The summed E-state index contributed by atoms with van der Waals surface area (Å²) in [6.07, 6.45) is 2.52. The third-order valence-electron chi connectivity index (χ3n) is 4.49. The Morgan fingerprint density at radius 2 is 1.83 bits per heavy atom. The number of nitrogens with one attached hydrogen (secondary N) is 1. The van der Waals surface area contributed by atoms with Gasteiger partial charge in [0.25, 0.3) is 0 Å². The van der Waals surface area contributed by atoms with Gasteiger partial charge in [-0.2, -0.15) is 0 Å². The molecule has 2 fully saturated rings. The Labute approximate surface area is 118 Å². The minimum atomic E-state index is -0.0879. The second kappa shape index (κ2) is 6.08. The summed E-state index contributed by atoms with van der Waals surface area (Å²) in [5.41, 5.74) is 0.193. The molecule has 0 aromatic heterocycles. The molecule has 3 nitrogen and oxygen atoms in total. The van der Waals surface area contributed by atoms with Crippen LogP contribution >= 0.6 is 12.4 Å². The third-order valence-corrected chi connectivity index (χ3v) is 4.49. The van der Waals surface area contributed by atoms with Gasteiger partial charge in [0, 0.05) is 17.9 Å². The van der Waals surface area contributed by atoms with Gasteiger partial charge < -0.3 is 9.64 Å². The van der Waals surface area contributed by atoms with Crippen LogP contribution in [-0.4, -0.2) is 43.4 Å². The SMILES string of the molecule is CCN1CCC(C2(C)NCC(C)(C)CO2)CC1.Cl. The number of halogens is 1. The first kappa shape index (κ1) is 16.2. The van der Waals surface area contributed by atoms with Gasteiger partial charge in [-0.05, 0) is 39.4 Å². The Hall–Kier alpha value is 0.170. The van der Waals surface area contributed by atoms with Crippen LogP contribution in [0.25, 0.3) is 0 Å². The van der Waals surface area contributed by atoms with Crippen molar-refractivity contribution in [2.24, 2.45) is 11.3 Å². The zero-order chi connectivity index (χ0) is 12.5. The maximum atomic E-state index is 6.16. The molecule has 2 heterocycles. The number of hydrogen-bond acceptors (Lipinski definition) is 3. The van der Waals surface area contributed by atoms with E-state index in [9.17, 15) is 0 Å². The molecule has 1 unspecified atom stereocenters. The van der Waals surface area contributed by atoms with E-state index in [-0.39, 0.29) is 23.5 Å². The zero-order valence-electron chi connectivity index (χ0n) is 12.3. The standard InChI is InChI=1S/C14H28N2O.ClH/c1-5-16-8-6-12(7-9-16)14(4)15-10-13(2,3)11-17-14;/h12,15H,5-11H2,1-4H3;1H. The Morgan fingerprint density at radius 1 is 1.22 bits per heavy atom. The van der Waals surface area contributed by atoms with Crippen LogP contribution in [0, 0.1) is 11.3 Å². The van der Waals surface area contributed by atoms with Crippen molar-refractivity contribution in [2.45, 2.75) is 46.3 Å². The number of hydrogen-bond donors (Lipinski definition) is 1. The highest BCUT2D eigenvalue weighted by Gasteiger charge is 2.42. The minimum Gasteiger partial charge on any atom is -0.360 e. The summed E-state index contributed by atoms with van der Waals surface area (Å²) in [7, 11) is 0. The first-order valence-electron chi connectivity index (χ1n) is 7.06. The smallest absolute Gasteiger partial charge is 0.119 e. The van der Waals surface area contributed by atoms with E-state index >= 15 is 0 Å². The third kappa shape index (κ3) is 3.60. The Balaban J connectivity index is 0.00000162. The second-order valence-corrected chi connectivity index (χ2v) is 6.62. The lowest BCUT2D eigenvalue weighted by atomic mass is 9.83. The fraction of sp³-hybridized carbons (Fsp3) is 1.00. The number of likely N-dealkylation sites (tertiary alicyclic amines) is 1. The molecule has 18 heavy (non-hydrogen) atoms. The maximum Gasteiger partial charge on any atom is 0.119 e. The van der Waals surface area contributed by atoms with E-state index in [1.807, 2.05) is 0 Å². The molecule has 2 rings (SSSR count). The summed E-state index contributed by atoms with van der Waals surface area (Å²) in [5.74, 6) is 0.668. The molecule has 0 aromatic rings. The highest BCUT2D eigenvalue weighted by atomic mass is 35.5. The number of nitrogens with zero attached hydrogens (tertiary/aromatic N) is 1. The molecule has 4 heteroatoms. The zero-order valence-corrected chi connectivity index (χ0v) is 13.1. The molecule has 0 aromatic carbocycles. The lowest BCUT2D eigenvalue weighted by Gasteiger charge is -2.48. The van der Waals surface area contributed by atoms with E-state index in [1.165, 1.54) is 32.5 Å². The van der Waals surface area contributed by atoms with Crippen molar-refractivity contribution in [1.29, 1.82) is 0 Å². The Morgan fingerprint density at radius 3 is 2.28 bits per heavy atom. The van der Waals surface area contributed by atoms with Crippen LogP contribution in [0.5, 0.6) is 0 Å². The fourth-order valence-corrected chi connectivity index (χ4v) is 2.92. The van der Waals surface area contributed by atoms with Gasteiger partial charge in [-0.15, -0.1) is 12.4 Å². The molecular formula is C14H29ClN2O. The molecule has 1 N–H and O–H groups in total. The van der Waals surface area contributed by atoms with Crippen LogP contribution in [0.15, 0.2) is 0 Å². The van der Waals surface area contributed by atoms with Crippen LogP contribution in [0.3, 0.4) is 0 Å². The molecule has 108 valence electrons. The van der Waals surface area contributed by atoms with E-state index < -0.39 is 0 Å². The molecular weight excluding hydrogens is 248 g/mol. The molecule has 2 aliphatic rings. The predicted molar refractivity (Wildman–Crippen MR) is 78.2 cm³/mol. The molecule has 0 spiro atoms. The average Bonchev–Trinajstić information content (AvgIpc) is 2.34. The van der Waals surface area contributed by atoms with Crippen LogP contribution in [0.1, 0.15) is 40.5 Å². The van der Waals surface area contributed by atoms with E-state index in [2.05, 4.69) is 37.9 Å². The molecule has 0 saturated carbocycles. The van der Waals surface area contributed by atoms with Crippen molar-refractivity contribution in [1.82, 2.24) is 10.2 Å². The predicted octanol–water partition coefficient (Wildman–Crippen LogP) is 2.50. The van der Waals surface area contributed by atoms with E-state index in [0.717, 1.165) is 13.2 Å². The fourth-order valence-electron chi connectivity index (χ4n) is 2.92. The van der Waals surface area contributed by atoms with Crippen molar-refractivity contribution in [3.63, 3.8) is 0 Å². The summed E-state index contributed by atoms with van der Waals surface area (Å²) >= 11 is 0. The monoisotopic (exact) mass is 276 g/mol. The lowest BCUT2D eigenvalue weighted by molar-refractivity contribution is -0.165. The highest BCUT2D eigenvalue weighted by molar-refractivity contribution is 5.85. The maximum absolute atomic E-state index is 6.16. The van der Waals surface area contributed by atoms with E-state index in [4.69, 9.17) is 4.74 Å². The summed E-state index contributed by atoms with van der Waals surface area (Å²) in [5, 5.41) is 3.65. The summed E-state index contributed by atoms with van der Waals surface area (Å²) < 4.78 is 6.16. The van der Waals surface area contributed by atoms with E-state index in [0.29, 0.717) is 5.92 Å². The molecule has 0 aliphatic carbocycles. The first-order chi connectivity index (χ1) is 7.95. The highest BCUT2D eigenvalue weighted by Crippen LogP contribution is 2.34. The van der Waals surface area contributed by atoms with E-state index in [1.54, 1.807) is 0 Å². The van der Waals surface area contributed by atoms with Gasteiger partial charge >= 0.3 is 0 Å². The quantitative estimate of drug-likeness (QED) is 0.839. The van der Waals surface area contributed by atoms with Gasteiger partial charge in [0.2, 0.25) is 0 Å². The molecule has 0 radical (unpaired) electrons. The van der Waals surface area contributed by atoms with Gasteiger partial charge in [-0.25, -0.2) is 0 Å². The van der Waals surface area contributed by atoms with Crippen molar-refractivity contribution in [3.8, 4) is 0 Å². The average molecular weight is 277 g/mol. The van der Waals surface area contributed by atoms with Gasteiger partial charge in [0.05, 0.1) is 6.61 Å². The van der Waals surface area contributed by atoms with Crippen LogP contribution in [-0.2, 0) is 4.74 Å². The number of rotatable bonds is 2. The van der Waals surface area contributed by atoms with Crippen molar-refractivity contribution < 1.29 is 4.74 Å². The largest absolute Gasteiger partial charge is 0.360 e. The molecule has 2 saturated heterocycles. The Kier molecular flexibility index (Phi) is 5.48. The van der Waals surface area contributed by atoms with Crippen LogP contribution < -0.4 is 5.32 Å². The normalized spacial score (nSPS) is 34.0. The lowest BCUT2D eigenvalue weighted by Crippen LogP contribution is -2.61. The first-order valence-corrected chi connectivity index (χ1v) is 7.06. The van der Waals surface area contributed by atoms with Gasteiger partial charge in [0.1, 0.15) is 5.72 Å².